The van der Waals surface area contributed by atoms with Crippen LogP contribution in [0.1, 0.15) is 26.2 Å². The van der Waals surface area contributed by atoms with Crippen molar-refractivity contribution in [2.24, 2.45) is 11.8 Å². The Bertz CT molecular complexity index is 422. The molecule has 2 amide bonds. The largest absolute Gasteiger partial charge is 0.381 e. The van der Waals surface area contributed by atoms with Crippen LogP contribution in [0.25, 0.3) is 0 Å². The molecule has 0 N–H and O–H groups in total. The summed E-state index contributed by atoms with van der Waals surface area (Å²) < 4.78 is 11.3. The van der Waals surface area contributed by atoms with Gasteiger partial charge in [0.25, 0.3) is 0 Å². The minimum absolute atomic E-state index is 0.0712. The molecule has 3 fully saturated rings. The number of ether oxygens (including phenoxy) is 2. The van der Waals surface area contributed by atoms with Gasteiger partial charge in [0.05, 0.1) is 12.7 Å². The van der Waals surface area contributed by atoms with Gasteiger partial charge in [0.1, 0.15) is 0 Å². The summed E-state index contributed by atoms with van der Waals surface area (Å²) >= 11 is 0. The Balaban J connectivity index is 1.59. The van der Waals surface area contributed by atoms with Crippen LogP contribution in [0.3, 0.4) is 0 Å². The molecule has 0 spiro atoms. The predicted octanol–water partition coefficient (Wildman–Crippen LogP) is 0.509. The predicted molar refractivity (Wildman–Crippen MR) is 80.2 cm³/mol. The fourth-order valence-corrected chi connectivity index (χ4v) is 3.74. The summed E-state index contributed by atoms with van der Waals surface area (Å²) in [5, 5.41) is 0. The van der Waals surface area contributed by atoms with Crippen LogP contribution in [-0.2, 0) is 19.1 Å². The number of fused-ring (bicyclic) bond motifs is 1. The van der Waals surface area contributed by atoms with Crippen LogP contribution in [0.2, 0.25) is 0 Å². The van der Waals surface area contributed by atoms with Crippen molar-refractivity contribution >= 4 is 11.8 Å². The molecule has 3 heterocycles. The standard InChI is InChI=1S/C16H26N2O4/c1-12(19)17-6-9-22-15-11-18(5-2-14(15)10-17)16(20)13-3-7-21-8-4-13/h13-15H,2-11H2,1H3/t14-,15-/m0/s1. The SMILES string of the molecule is CC(=O)N1CCO[C@H]2CN(C(=O)C3CCOCC3)CC[C@H]2C1. The Labute approximate surface area is 131 Å². The Kier molecular flexibility index (Phi) is 4.98. The second-order valence-corrected chi connectivity index (χ2v) is 6.59. The molecule has 0 radical (unpaired) electrons. The van der Waals surface area contributed by atoms with E-state index in [9.17, 15) is 9.59 Å². The number of hydrogen-bond donors (Lipinski definition) is 0. The highest BCUT2D eigenvalue weighted by Crippen LogP contribution is 2.27. The molecule has 0 aromatic carbocycles. The van der Waals surface area contributed by atoms with Gasteiger partial charge in [-0.3, -0.25) is 9.59 Å². The average Bonchev–Trinajstić information content (AvgIpc) is 2.76. The van der Waals surface area contributed by atoms with Crippen LogP contribution in [0.15, 0.2) is 0 Å². The maximum absolute atomic E-state index is 12.6. The first-order valence-corrected chi connectivity index (χ1v) is 8.39. The lowest BCUT2D eigenvalue weighted by atomic mass is 9.91. The molecule has 0 unspecified atom stereocenters. The van der Waals surface area contributed by atoms with Gasteiger partial charge in [-0.25, -0.2) is 0 Å². The topological polar surface area (TPSA) is 59.1 Å². The van der Waals surface area contributed by atoms with Gasteiger partial charge in [-0.1, -0.05) is 0 Å². The molecule has 6 nitrogen and oxygen atoms in total. The van der Waals surface area contributed by atoms with E-state index < -0.39 is 0 Å². The van der Waals surface area contributed by atoms with Gasteiger partial charge in [0, 0.05) is 58.2 Å². The first-order chi connectivity index (χ1) is 10.6. The van der Waals surface area contributed by atoms with Crippen LogP contribution < -0.4 is 0 Å². The lowest BCUT2D eigenvalue weighted by Crippen LogP contribution is -2.51. The molecular formula is C16H26N2O4. The number of nitrogens with zero attached hydrogens (tertiary/aromatic N) is 2. The summed E-state index contributed by atoms with van der Waals surface area (Å²) in [6, 6.07) is 0. The number of hydrogen-bond acceptors (Lipinski definition) is 4. The van der Waals surface area contributed by atoms with E-state index in [1.165, 1.54) is 0 Å². The zero-order valence-corrected chi connectivity index (χ0v) is 13.3. The third kappa shape index (κ3) is 3.43. The molecular weight excluding hydrogens is 284 g/mol. The molecule has 3 rings (SSSR count). The fraction of sp³-hybridized carbons (Fsp3) is 0.875. The summed E-state index contributed by atoms with van der Waals surface area (Å²) in [6.07, 6.45) is 2.66. The van der Waals surface area contributed by atoms with Crippen molar-refractivity contribution in [2.75, 3.05) is 46.0 Å². The van der Waals surface area contributed by atoms with Crippen molar-refractivity contribution < 1.29 is 19.1 Å². The molecule has 3 saturated heterocycles. The minimum atomic E-state index is 0.0712. The van der Waals surface area contributed by atoms with Crippen LogP contribution in [0, 0.1) is 11.8 Å². The number of likely N-dealkylation sites (tertiary alicyclic amines) is 1. The zero-order valence-electron chi connectivity index (χ0n) is 13.3. The lowest BCUT2D eigenvalue weighted by Gasteiger charge is -2.39. The molecule has 0 bridgehead atoms. The number of carbonyl (C=O) groups is 2. The first kappa shape index (κ1) is 15.7. The van der Waals surface area contributed by atoms with E-state index in [1.807, 2.05) is 9.80 Å². The molecule has 22 heavy (non-hydrogen) atoms. The summed E-state index contributed by atoms with van der Waals surface area (Å²) in [5.74, 6) is 0.845. The summed E-state index contributed by atoms with van der Waals surface area (Å²) in [7, 11) is 0. The maximum Gasteiger partial charge on any atom is 0.225 e. The second-order valence-electron chi connectivity index (χ2n) is 6.59. The van der Waals surface area contributed by atoms with Gasteiger partial charge in [0.2, 0.25) is 11.8 Å². The number of amides is 2. The quantitative estimate of drug-likeness (QED) is 0.708. The van der Waals surface area contributed by atoms with Crippen molar-refractivity contribution in [3.8, 4) is 0 Å². The lowest BCUT2D eigenvalue weighted by molar-refractivity contribution is -0.144. The molecule has 6 heteroatoms. The van der Waals surface area contributed by atoms with Crippen LogP contribution in [-0.4, -0.2) is 73.7 Å². The van der Waals surface area contributed by atoms with Gasteiger partial charge >= 0.3 is 0 Å². The number of rotatable bonds is 1. The Morgan fingerprint density at radius 1 is 0.955 bits per heavy atom. The van der Waals surface area contributed by atoms with E-state index in [-0.39, 0.29) is 23.8 Å². The van der Waals surface area contributed by atoms with E-state index in [0.717, 1.165) is 32.4 Å². The average molecular weight is 310 g/mol. The van der Waals surface area contributed by atoms with Gasteiger partial charge in [-0.2, -0.15) is 0 Å². The molecule has 0 aromatic rings. The highest BCUT2D eigenvalue weighted by molar-refractivity contribution is 5.79. The van der Waals surface area contributed by atoms with Crippen molar-refractivity contribution in [1.82, 2.24) is 9.80 Å². The highest BCUT2D eigenvalue weighted by Gasteiger charge is 2.37. The monoisotopic (exact) mass is 310 g/mol. The maximum atomic E-state index is 12.6. The molecule has 2 atom stereocenters. The van der Waals surface area contributed by atoms with E-state index in [4.69, 9.17) is 9.47 Å². The van der Waals surface area contributed by atoms with Crippen LogP contribution in [0.4, 0.5) is 0 Å². The summed E-state index contributed by atoms with van der Waals surface area (Å²) in [5.41, 5.74) is 0. The summed E-state index contributed by atoms with van der Waals surface area (Å²) in [6.45, 7) is 6.46. The van der Waals surface area contributed by atoms with E-state index in [1.54, 1.807) is 6.92 Å². The van der Waals surface area contributed by atoms with E-state index in [2.05, 4.69) is 0 Å². The third-order valence-corrected chi connectivity index (χ3v) is 5.17. The summed E-state index contributed by atoms with van der Waals surface area (Å²) in [4.78, 5) is 28.1. The van der Waals surface area contributed by atoms with E-state index in [0.29, 0.717) is 38.8 Å². The first-order valence-electron chi connectivity index (χ1n) is 8.39. The fourth-order valence-electron chi connectivity index (χ4n) is 3.74. The van der Waals surface area contributed by atoms with Gasteiger partial charge in [-0.15, -0.1) is 0 Å². The molecule has 124 valence electrons. The zero-order chi connectivity index (χ0) is 15.5. The number of piperidine rings is 1. The van der Waals surface area contributed by atoms with Gasteiger partial charge < -0.3 is 19.3 Å². The number of carbonyl (C=O) groups excluding carboxylic acids is 2. The highest BCUT2D eigenvalue weighted by atomic mass is 16.5. The normalized spacial score (nSPS) is 30.6. The Morgan fingerprint density at radius 2 is 1.73 bits per heavy atom. The van der Waals surface area contributed by atoms with Crippen molar-refractivity contribution in [2.45, 2.75) is 32.3 Å². The molecule has 0 saturated carbocycles. The smallest absolute Gasteiger partial charge is 0.225 e. The second kappa shape index (κ2) is 6.96. The van der Waals surface area contributed by atoms with Crippen LogP contribution >= 0.6 is 0 Å². The third-order valence-electron chi connectivity index (χ3n) is 5.17. The van der Waals surface area contributed by atoms with Crippen molar-refractivity contribution in [3.05, 3.63) is 0 Å². The van der Waals surface area contributed by atoms with Crippen LogP contribution in [0.5, 0.6) is 0 Å². The molecule has 3 aliphatic heterocycles. The Morgan fingerprint density at radius 3 is 2.45 bits per heavy atom. The van der Waals surface area contributed by atoms with Gasteiger partial charge in [-0.05, 0) is 19.3 Å². The van der Waals surface area contributed by atoms with E-state index >= 15 is 0 Å². The van der Waals surface area contributed by atoms with Crippen molar-refractivity contribution in [1.29, 1.82) is 0 Å². The Hall–Kier alpha value is -1.14. The molecule has 0 aliphatic carbocycles. The minimum Gasteiger partial charge on any atom is -0.381 e. The van der Waals surface area contributed by atoms with Crippen molar-refractivity contribution in [3.63, 3.8) is 0 Å². The molecule has 3 aliphatic rings. The molecule has 0 aromatic heterocycles. The van der Waals surface area contributed by atoms with Gasteiger partial charge in [0.15, 0.2) is 0 Å².